The van der Waals surface area contributed by atoms with E-state index in [-0.39, 0.29) is 0 Å². The summed E-state index contributed by atoms with van der Waals surface area (Å²) in [4.78, 5) is 51.3. The molecular weight excluding hydrogens is 628 g/mol. The normalized spacial score (nSPS) is 17.7. The number of benzene rings is 3. The number of carboxylic acids is 1. The van der Waals surface area contributed by atoms with Gasteiger partial charge in [0.2, 0.25) is 11.5 Å². The van der Waals surface area contributed by atoms with Gasteiger partial charge in [0.1, 0.15) is 12.7 Å². The maximum absolute atomic E-state index is 13.5. The lowest BCUT2D eigenvalue weighted by molar-refractivity contribution is -0.165. The number of ether oxygens (including phenoxy) is 3. The lowest BCUT2D eigenvalue weighted by Crippen LogP contribution is -2.52. The molecule has 0 aliphatic carbocycles. The van der Waals surface area contributed by atoms with Crippen LogP contribution in [-0.4, -0.2) is 116 Å². The molecule has 4 atom stereocenters. The van der Waals surface area contributed by atoms with Crippen LogP contribution in [0.2, 0.25) is 0 Å². The van der Waals surface area contributed by atoms with Crippen LogP contribution < -0.4 is 0 Å². The van der Waals surface area contributed by atoms with E-state index in [1.54, 1.807) is 0 Å². The second-order valence-electron chi connectivity index (χ2n) is 9.58. The number of cyclic esters (lactones) is 2. The first-order chi connectivity index (χ1) is 21.5. The maximum Gasteiger partial charge on any atom is 0.339 e. The SMILES string of the molecule is O=C(OC1COC(=O)c2cc(O)c(O)c(O)c2-c2c(cc(O)c(O)c2O)C(=O)OC1C(O)C(O)C(=O)O)c1cc(O)c(O)c(O)c1. The number of hydrogen-bond acceptors (Lipinski definition) is 18. The average Bonchev–Trinajstić information content (AvgIpc) is 3.01. The van der Waals surface area contributed by atoms with Crippen LogP contribution in [0.25, 0.3) is 11.1 Å². The molecule has 0 fully saturated rings. The molecule has 4 unspecified atom stereocenters. The van der Waals surface area contributed by atoms with E-state index in [0.717, 1.165) is 0 Å². The number of esters is 3. The number of aliphatic carboxylic acids is 1. The highest BCUT2D eigenvalue weighted by Crippen LogP contribution is 2.52. The van der Waals surface area contributed by atoms with Crippen LogP contribution in [0.4, 0.5) is 0 Å². The molecule has 19 heteroatoms. The minimum atomic E-state index is -2.79. The Hall–Kier alpha value is -6.34. The van der Waals surface area contributed by atoms with E-state index in [1.807, 2.05) is 0 Å². The smallest absolute Gasteiger partial charge is 0.339 e. The third-order valence-electron chi connectivity index (χ3n) is 6.66. The van der Waals surface area contributed by atoms with Gasteiger partial charge in [-0.15, -0.1) is 0 Å². The molecule has 3 aromatic rings. The number of fused-ring (bicyclic) bond motifs is 3. The Morgan fingerprint density at radius 2 is 1.15 bits per heavy atom. The van der Waals surface area contributed by atoms with E-state index in [4.69, 9.17) is 14.2 Å². The molecule has 0 saturated carbocycles. The summed E-state index contributed by atoms with van der Waals surface area (Å²) < 4.78 is 15.3. The van der Waals surface area contributed by atoms with Crippen molar-refractivity contribution in [1.82, 2.24) is 0 Å². The highest BCUT2D eigenvalue weighted by atomic mass is 16.6. The summed E-state index contributed by atoms with van der Waals surface area (Å²) in [5.41, 5.74) is -4.75. The Balaban J connectivity index is 1.96. The predicted octanol–water partition coefficient (Wildman–Crippen LogP) is -0.568. The molecule has 0 radical (unpaired) electrons. The van der Waals surface area contributed by atoms with Crippen LogP contribution in [0.15, 0.2) is 24.3 Å². The van der Waals surface area contributed by atoms with Gasteiger partial charge in [-0.2, -0.15) is 0 Å². The predicted molar refractivity (Wildman–Crippen MR) is 142 cm³/mol. The number of phenolic OH excluding ortho intramolecular Hbond substituents is 9. The number of hydrogen-bond donors (Lipinski definition) is 12. The van der Waals surface area contributed by atoms with Crippen LogP contribution >= 0.6 is 0 Å². The molecule has 4 rings (SSSR count). The standard InChI is InChI=1S/C27H22O19/c28-9-1-6(2-10(29)16(9)32)25(41)45-13-5-44-26(42)7-3-11(30)17(33)19(35)14(7)15-8(4-12(31)18(34)20(15)36)27(43)46-23(13)21(37)22(38)24(39)40/h1-4,13,21-23,28-38H,5H2,(H,39,40). The molecule has 0 amide bonds. The fraction of sp³-hybridized carbons (Fsp3) is 0.185. The van der Waals surface area contributed by atoms with Crippen LogP contribution in [0, 0.1) is 0 Å². The average molecular weight is 650 g/mol. The Morgan fingerprint density at radius 1 is 0.696 bits per heavy atom. The number of aliphatic hydroxyl groups excluding tert-OH is 2. The Morgan fingerprint density at radius 3 is 1.63 bits per heavy atom. The van der Waals surface area contributed by atoms with Crippen molar-refractivity contribution in [3.05, 3.63) is 41.0 Å². The summed E-state index contributed by atoms with van der Waals surface area (Å²) in [6.45, 7) is -1.29. The van der Waals surface area contributed by atoms with E-state index < -0.39 is 134 Å². The summed E-state index contributed by atoms with van der Waals surface area (Å²) in [6, 6.07) is 2.05. The molecule has 12 N–H and O–H groups in total. The molecule has 46 heavy (non-hydrogen) atoms. The molecule has 0 saturated heterocycles. The molecular formula is C27H22O19. The van der Waals surface area contributed by atoms with Gasteiger partial charge in [0.15, 0.2) is 58.6 Å². The number of carboxylic acid groups (broad SMARTS) is 1. The number of aromatic hydroxyl groups is 9. The van der Waals surface area contributed by atoms with Gasteiger partial charge >= 0.3 is 23.9 Å². The first-order valence-electron chi connectivity index (χ1n) is 12.4. The summed E-state index contributed by atoms with van der Waals surface area (Å²) in [7, 11) is 0. The largest absolute Gasteiger partial charge is 0.504 e. The number of carbonyl (C=O) groups is 4. The molecule has 244 valence electrons. The highest BCUT2D eigenvalue weighted by Gasteiger charge is 2.44. The number of phenols is 9. The topological polar surface area (TPSA) is 339 Å². The van der Waals surface area contributed by atoms with E-state index in [0.29, 0.717) is 24.3 Å². The van der Waals surface area contributed by atoms with Gasteiger partial charge in [0, 0.05) is 11.1 Å². The van der Waals surface area contributed by atoms with E-state index in [9.17, 15) is 80.5 Å². The minimum absolute atomic E-state index is 0.406. The summed E-state index contributed by atoms with van der Waals surface area (Å²) in [6.07, 6.45) is -10.3. The Bertz CT molecular complexity index is 1760. The van der Waals surface area contributed by atoms with Crippen molar-refractivity contribution in [2.24, 2.45) is 0 Å². The van der Waals surface area contributed by atoms with Crippen molar-refractivity contribution in [1.29, 1.82) is 0 Å². The second kappa shape index (κ2) is 12.0. The van der Waals surface area contributed by atoms with Crippen LogP contribution in [0.3, 0.4) is 0 Å². The zero-order valence-electron chi connectivity index (χ0n) is 22.6. The van der Waals surface area contributed by atoms with Crippen molar-refractivity contribution in [2.75, 3.05) is 6.61 Å². The van der Waals surface area contributed by atoms with Gasteiger partial charge in [-0.25, -0.2) is 19.2 Å². The Labute approximate surface area is 253 Å². The fourth-order valence-electron chi connectivity index (χ4n) is 4.35. The number of rotatable bonds is 5. The zero-order valence-corrected chi connectivity index (χ0v) is 22.6. The number of carbonyl (C=O) groups excluding carboxylic acids is 3. The van der Waals surface area contributed by atoms with E-state index in [1.165, 1.54) is 0 Å². The van der Waals surface area contributed by atoms with Gasteiger partial charge < -0.3 is 75.5 Å². The van der Waals surface area contributed by atoms with Crippen LogP contribution in [0.5, 0.6) is 51.7 Å². The van der Waals surface area contributed by atoms with Crippen LogP contribution in [0.1, 0.15) is 31.1 Å². The molecule has 0 aromatic heterocycles. The third-order valence-corrected chi connectivity index (χ3v) is 6.66. The Kier molecular flexibility index (Phi) is 8.48. The van der Waals surface area contributed by atoms with Gasteiger partial charge in [-0.3, -0.25) is 0 Å². The van der Waals surface area contributed by atoms with Gasteiger partial charge in [-0.1, -0.05) is 0 Å². The quantitative estimate of drug-likeness (QED) is 0.0934. The molecule has 1 heterocycles. The van der Waals surface area contributed by atoms with E-state index >= 15 is 0 Å². The van der Waals surface area contributed by atoms with Gasteiger partial charge in [0.05, 0.1) is 16.7 Å². The van der Waals surface area contributed by atoms with E-state index in [2.05, 4.69) is 0 Å². The fourth-order valence-corrected chi connectivity index (χ4v) is 4.35. The van der Waals surface area contributed by atoms with Crippen molar-refractivity contribution >= 4 is 23.9 Å². The summed E-state index contributed by atoms with van der Waals surface area (Å²) >= 11 is 0. The highest BCUT2D eigenvalue weighted by molar-refractivity contribution is 6.08. The lowest BCUT2D eigenvalue weighted by atomic mass is 9.92. The minimum Gasteiger partial charge on any atom is -0.504 e. The monoisotopic (exact) mass is 650 g/mol. The molecule has 0 bridgehead atoms. The summed E-state index contributed by atoms with van der Waals surface area (Å²) in [5, 5.41) is 121. The molecule has 19 nitrogen and oxygen atoms in total. The van der Waals surface area contributed by atoms with Crippen molar-refractivity contribution < 1.29 is 94.7 Å². The summed E-state index contributed by atoms with van der Waals surface area (Å²) in [5.74, 6) is -17.9. The second-order valence-corrected chi connectivity index (χ2v) is 9.58. The third kappa shape index (κ3) is 5.65. The molecule has 3 aromatic carbocycles. The van der Waals surface area contributed by atoms with Crippen molar-refractivity contribution in [3.8, 4) is 62.9 Å². The van der Waals surface area contributed by atoms with Gasteiger partial charge in [0.25, 0.3) is 0 Å². The molecule has 0 spiro atoms. The maximum atomic E-state index is 13.5. The first-order valence-corrected chi connectivity index (χ1v) is 12.4. The molecule has 1 aliphatic heterocycles. The zero-order chi connectivity index (χ0) is 34.4. The van der Waals surface area contributed by atoms with Gasteiger partial charge in [-0.05, 0) is 24.3 Å². The lowest BCUT2D eigenvalue weighted by Gasteiger charge is -2.31. The van der Waals surface area contributed by atoms with Crippen molar-refractivity contribution in [2.45, 2.75) is 24.4 Å². The first kappa shape index (κ1) is 32.6. The number of aliphatic hydroxyl groups is 2. The van der Waals surface area contributed by atoms with Crippen LogP contribution in [-0.2, 0) is 19.0 Å². The molecule has 1 aliphatic rings. The van der Waals surface area contributed by atoms with Crippen molar-refractivity contribution in [3.63, 3.8) is 0 Å².